The van der Waals surface area contributed by atoms with Crippen LogP contribution in [0.4, 0.5) is 11.4 Å². The molecule has 0 saturated carbocycles. The Morgan fingerprint density at radius 3 is 2.43 bits per heavy atom. The number of rotatable bonds is 3. The Kier molecular flexibility index (Phi) is 4.53. The van der Waals surface area contributed by atoms with Crippen LogP contribution in [0, 0.1) is 13.8 Å². The minimum atomic E-state index is -0.127. The molecule has 0 bridgehead atoms. The highest BCUT2D eigenvalue weighted by Crippen LogP contribution is 2.28. The molecule has 0 aliphatic rings. The number of hydrogen-bond donors (Lipinski definition) is 1. The van der Waals surface area contributed by atoms with Gasteiger partial charge in [0.1, 0.15) is 0 Å². The molecule has 0 saturated heterocycles. The number of hydrogen-bond acceptors (Lipinski definition) is 2. The van der Waals surface area contributed by atoms with Crippen LogP contribution in [0.25, 0.3) is 0 Å². The summed E-state index contributed by atoms with van der Waals surface area (Å²) in [4.78, 5) is 14.4. The first kappa shape index (κ1) is 15.4. The fourth-order valence-electron chi connectivity index (χ4n) is 2.26. The second-order valence-corrected chi connectivity index (χ2v) is 5.76. The number of halogens is 1. The maximum absolute atomic E-state index is 12.5. The van der Waals surface area contributed by atoms with Crippen molar-refractivity contribution in [3.05, 3.63) is 58.1 Å². The summed E-state index contributed by atoms with van der Waals surface area (Å²) < 4.78 is 0. The van der Waals surface area contributed by atoms with Crippen LogP contribution in [-0.4, -0.2) is 20.0 Å². The molecule has 2 aromatic carbocycles. The van der Waals surface area contributed by atoms with Gasteiger partial charge in [-0.25, -0.2) is 0 Å². The second-order valence-electron chi connectivity index (χ2n) is 5.33. The molecule has 0 aliphatic heterocycles. The highest BCUT2D eigenvalue weighted by Gasteiger charge is 2.13. The van der Waals surface area contributed by atoms with Crippen molar-refractivity contribution >= 4 is 28.9 Å². The molecule has 0 aliphatic carbocycles. The summed E-state index contributed by atoms with van der Waals surface area (Å²) in [5.41, 5.74) is 4.39. The van der Waals surface area contributed by atoms with Gasteiger partial charge in [-0.3, -0.25) is 4.79 Å². The van der Waals surface area contributed by atoms with Gasteiger partial charge in [0, 0.05) is 24.7 Å². The van der Waals surface area contributed by atoms with Crippen LogP contribution in [0.1, 0.15) is 21.5 Å². The lowest BCUT2D eigenvalue weighted by Crippen LogP contribution is -2.17. The molecule has 0 unspecified atom stereocenters. The first-order chi connectivity index (χ1) is 9.88. The summed E-state index contributed by atoms with van der Waals surface area (Å²) in [5, 5.41) is 3.54. The van der Waals surface area contributed by atoms with Crippen LogP contribution in [0.2, 0.25) is 5.02 Å². The molecule has 0 fully saturated rings. The Morgan fingerprint density at radius 1 is 1.10 bits per heavy atom. The zero-order valence-electron chi connectivity index (χ0n) is 12.7. The van der Waals surface area contributed by atoms with E-state index in [-0.39, 0.29) is 5.91 Å². The minimum Gasteiger partial charge on any atom is -0.376 e. The summed E-state index contributed by atoms with van der Waals surface area (Å²) in [6, 6.07) is 11.2. The van der Waals surface area contributed by atoms with Gasteiger partial charge in [0.05, 0.1) is 11.4 Å². The maximum atomic E-state index is 12.5. The van der Waals surface area contributed by atoms with Gasteiger partial charge in [-0.05, 0) is 43.7 Å². The standard InChI is InChI=1S/C17H19ClN2O/c1-11-5-7-14(12(2)9-11)17(21)19-15-10-13(18)6-8-16(15)20(3)4/h5-10H,1-4H3,(H,19,21). The van der Waals surface area contributed by atoms with Crippen LogP contribution in [0.3, 0.4) is 0 Å². The number of anilines is 2. The van der Waals surface area contributed by atoms with Crippen molar-refractivity contribution < 1.29 is 4.79 Å². The number of nitrogens with one attached hydrogen (secondary N) is 1. The number of nitrogens with zero attached hydrogens (tertiary/aromatic N) is 1. The minimum absolute atomic E-state index is 0.127. The first-order valence-corrected chi connectivity index (χ1v) is 7.12. The topological polar surface area (TPSA) is 32.3 Å². The largest absolute Gasteiger partial charge is 0.376 e. The lowest BCUT2D eigenvalue weighted by Gasteiger charge is -2.18. The van der Waals surface area contributed by atoms with Crippen molar-refractivity contribution in [3.8, 4) is 0 Å². The Balaban J connectivity index is 2.33. The molecule has 0 spiro atoms. The molecule has 0 atom stereocenters. The maximum Gasteiger partial charge on any atom is 0.255 e. The van der Waals surface area contributed by atoms with Crippen molar-refractivity contribution in [2.45, 2.75) is 13.8 Å². The van der Waals surface area contributed by atoms with Gasteiger partial charge in [0.2, 0.25) is 0 Å². The molecule has 0 radical (unpaired) electrons. The van der Waals surface area contributed by atoms with Gasteiger partial charge in [-0.15, -0.1) is 0 Å². The predicted molar refractivity (Wildman–Crippen MR) is 89.6 cm³/mol. The zero-order valence-corrected chi connectivity index (χ0v) is 13.5. The van der Waals surface area contributed by atoms with Crippen molar-refractivity contribution in [1.29, 1.82) is 0 Å². The molecule has 0 heterocycles. The van der Waals surface area contributed by atoms with E-state index in [1.54, 1.807) is 6.07 Å². The molecule has 2 rings (SSSR count). The lowest BCUT2D eigenvalue weighted by molar-refractivity contribution is 0.102. The monoisotopic (exact) mass is 302 g/mol. The Morgan fingerprint density at radius 2 is 1.81 bits per heavy atom. The third-order valence-electron chi connectivity index (χ3n) is 3.32. The fourth-order valence-corrected chi connectivity index (χ4v) is 2.43. The number of benzene rings is 2. The predicted octanol–water partition coefficient (Wildman–Crippen LogP) is 4.28. The molecule has 4 heteroatoms. The van der Waals surface area contributed by atoms with E-state index >= 15 is 0 Å². The molecule has 2 aromatic rings. The van der Waals surface area contributed by atoms with Crippen LogP contribution in [0.5, 0.6) is 0 Å². The quantitative estimate of drug-likeness (QED) is 0.918. The van der Waals surface area contributed by atoms with E-state index in [0.717, 1.165) is 16.8 Å². The highest BCUT2D eigenvalue weighted by atomic mass is 35.5. The summed E-state index contributed by atoms with van der Waals surface area (Å²) >= 11 is 6.03. The summed E-state index contributed by atoms with van der Waals surface area (Å²) in [6.07, 6.45) is 0. The Bertz CT molecular complexity index is 680. The highest BCUT2D eigenvalue weighted by molar-refractivity contribution is 6.31. The number of carbonyl (C=O) groups excluding carboxylic acids is 1. The molecule has 1 N–H and O–H groups in total. The Labute approximate surface area is 130 Å². The summed E-state index contributed by atoms with van der Waals surface area (Å²) in [6.45, 7) is 3.95. The van der Waals surface area contributed by atoms with Crippen molar-refractivity contribution in [1.82, 2.24) is 0 Å². The van der Waals surface area contributed by atoms with Gasteiger partial charge in [-0.1, -0.05) is 29.3 Å². The van der Waals surface area contributed by atoms with Gasteiger partial charge in [-0.2, -0.15) is 0 Å². The number of aryl methyl sites for hydroxylation is 2. The second kappa shape index (κ2) is 6.19. The number of carbonyl (C=O) groups is 1. The average Bonchev–Trinajstić information content (AvgIpc) is 2.37. The van der Waals surface area contributed by atoms with E-state index in [0.29, 0.717) is 16.3 Å². The summed E-state index contributed by atoms with van der Waals surface area (Å²) in [5.74, 6) is -0.127. The van der Waals surface area contributed by atoms with Crippen LogP contribution in [-0.2, 0) is 0 Å². The van der Waals surface area contributed by atoms with E-state index in [9.17, 15) is 4.79 Å². The van der Waals surface area contributed by atoms with Crippen LogP contribution < -0.4 is 10.2 Å². The van der Waals surface area contributed by atoms with Crippen molar-refractivity contribution in [3.63, 3.8) is 0 Å². The smallest absolute Gasteiger partial charge is 0.255 e. The summed E-state index contributed by atoms with van der Waals surface area (Å²) in [7, 11) is 3.85. The van der Waals surface area contributed by atoms with E-state index < -0.39 is 0 Å². The molecular weight excluding hydrogens is 284 g/mol. The molecule has 0 aromatic heterocycles. The van der Waals surface area contributed by atoms with E-state index in [1.165, 1.54) is 0 Å². The van der Waals surface area contributed by atoms with Crippen LogP contribution >= 0.6 is 11.6 Å². The molecule has 21 heavy (non-hydrogen) atoms. The molecule has 110 valence electrons. The lowest BCUT2D eigenvalue weighted by atomic mass is 10.1. The van der Waals surface area contributed by atoms with Gasteiger partial charge in [0.25, 0.3) is 5.91 Å². The normalized spacial score (nSPS) is 10.3. The fraction of sp³-hybridized carbons (Fsp3) is 0.235. The average molecular weight is 303 g/mol. The van der Waals surface area contributed by atoms with E-state index in [4.69, 9.17) is 11.6 Å². The van der Waals surface area contributed by atoms with Crippen LogP contribution in [0.15, 0.2) is 36.4 Å². The van der Waals surface area contributed by atoms with E-state index in [1.807, 2.05) is 63.2 Å². The third-order valence-corrected chi connectivity index (χ3v) is 3.55. The van der Waals surface area contributed by atoms with E-state index in [2.05, 4.69) is 5.32 Å². The molecule has 1 amide bonds. The molecular formula is C17H19ClN2O. The molecule has 3 nitrogen and oxygen atoms in total. The van der Waals surface area contributed by atoms with Crippen molar-refractivity contribution in [2.75, 3.05) is 24.3 Å². The van der Waals surface area contributed by atoms with Gasteiger partial charge < -0.3 is 10.2 Å². The number of amides is 1. The first-order valence-electron chi connectivity index (χ1n) is 6.74. The SMILES string of the molecule is Cc1ccc(C(=O)Nc2cc(Cl)ccc2N(C)C)c(C)c1. The third kappa shape index (κ3) is 3.56. The van der Waals surface area contributed by atoms with Gasteiger partial charge in [0.15, 0.2) is 0 Å². The zero-order chi connectivity index (χ0) is 15.6. The van der Waals surface area contributed by atoms with Crippen molar-refractivity contribution in [2.24, 2.45) is 0 Å². The van der Waals surface area contributed by atoms with Gasteiger partial charge >= 0.3 is 0 Å². The Hall–Kier alpha value is -2.00.